The second-order valence-electron chi connectivity index (χ2n) is 11.6. The molecule has 0 spiro atoms. The van der Waals surface area contributed by atoms with Gasteiger partial charge in [-0.3, -0.25) is 19.2 Å². The van der Waals surface area contributed by atoms with E-state index in [1.54, 1.807) is 43.6 Å². The molecule has 3 aromatic rings. The van der Waals surface area contributed by atoms with E-state index >= 15 is 4.39 Å². The Bertz CT molecular complexity index is 1540. The van der Waals surface area contributed by atoms with Crippen LogP contribution in [0.1, 0.15) is 60.4 Å². The minimum Gasteiger partial charge on any atom is -0.388 e. The molecule has 0 saturated carbocycles. The van der Waals surface area contributed by atoms with Crippen LogP contribution in [0.15, 0.2) is 54.0 Å². The number of alkyl halides is 1. The summed E-state index contributed by atoms with van der Waals surface area (Å²) in [5.41, 5.74) is 5.52. The fourth-order valence-corrected chi connectivity index (χ4v) is 6.82. The Morgan fingerprint density at radius 1 is 1.14 bits per heavy atom. The lowest BCUT2D eigenvalue weighted by Gasteiger charge is -2.35. The summed E-state index contributed by atoms with van der Waals surface area (Å²) in [4.78, 5) is 60.9. The van der Waals surface area contributed by atoms with Gasteiger partial charge in [-0.15, -0.1) is 11.3 Å². The Hall–Kier alpha value is -3.96. The molecule has 2 aliphatic heterocycles. The van der Waals surface area contributed by atoms with Gasteiger partial charge in [0.25, 0.3) is 5.91 Å². The van der Waals surface area contributed by atoms with E-state index < -0.39 is 48.8 Å². The molecule has 2 aromatic carbocycles. The van der Waals surface area contributed by atoms with Gasteiger partial charge in [-0.2, -0.15) is 0 Å². The number of fused-ring (bicyclic) bond motifs is 1. The third kappa shape index (κ3) is 5.96. The van der Waals surface area contributed by atoms with Crippen LogP contribution in [0, 0.1) is 12.8 Å². The topological polar surface area (TPSA) is 120 Å². The third-order valence-electron chi connectivity index (χ3n) is 8.14. The number of hydrogen-bond donors (Lipinski definition) is 2. The van der Waals surface area contributed by atoms with E-state index in [1.165, 1.54) is 23.2 Å². The van der Waals surface area contributed by atoms with Crippen LogP contribution in [-0.2, 0) is 20.9 Å². The highest BCUT2D eigenvalue weighted by Crippen LogP contribution is 2.32. The summed E-state index contributed by atoms with van der Waals surface area (Å²) in [7, 11) is 0. The van der Waals surface area contributed by atoms with E-state index in [4.69, 9.17) is 0 Å². The first-order chi connectivity index (χ1) is 20.5. The lowest BCUT2D eigenvalue weighted by atomic mass is 9.98. The maximum absolute atomic E-state index is 15.5. The van der Waals surface area contributed by atoms with Gasteiger partial charge in [0, 0.05) is 18.5 Å². The number of hydrogen-bond acceptors (Lipinski definition) is 7. The Morgan fingerprint density at radius 3 is 2.44 bits per heavy atom. The Morgan fingerprint density at radius 2 is 1.84 bits per heavy atom. The van der Waals surface area contributed by atoms with Crippen LogP contribution in [0.25, 0.3) is 10.4 Å². The smallest absolute Gasteiger partial charge is 0.255 e. The predicted molar refractivity (Wildman–Crippen MR) is 160 cm³/mol. The van der Waals surface area contributed by atoms with Gasteiger partial charge in [0.05, 0.1) is 28.7 Å². The normalized spacial score (nSPS) is 21.2. The maximum Gasteiger partial charge on any atom is 0.255 e. The second-order valence-corrected chi connectivity index (χ2v) is 12.4. The quantitative estimate of drug-likeness (QED) is 0.382. The first-order valence-corrected chi connectivity index (χ1v) is 15.2. The van der Waals surface area contributed by atoms with Crippen molar-refractivity contribution < 1.29 is 28.7 Å². The van der Waals surface area contributed by atoms with Gasteiger partial charge < -0.3 is 20.2 Å². The summed E-state index contributed by atoms with van der Waals surface area (Å²) in [5, 5.41) is 13.2. The molecule has 5 rings (SSSR count). The Kier molecular flexibility index (Phi) is 8.75. The van der Waals surface area contributed by atoms with Crippen molar-refractivity contribution in [3.05, 3.63) is 76.4 Å². The molecule has 0 unspecified atom stereocenters. The van der Waals surface area contributed by atoms with Crippen molar-refractivity contribution in [2.45, 2.75) is 71.1 Å². The number of aryl methyl sites for hydroxylation is 1. The molecule has 0 bridgehead atoms. The van der Waals surface area contributed by atoms with Crippen molar-refractivity contribution in [2.75, 3.05) is 6.54 Å². The molecule has 11 heteroatoms. The zero-order valence-electron chi connectivity index (χ0n) is 24.5. The number of Topliss-reactive ketones (excluding diaryl/α,β-unsaturated/α-hetero) is 1. The fourth-order valence-electron chi connectivity index (χ4n) is 6.00. The number of likely N-dealkylation sites (tertiary alicyclic amines) is 1. The van der Waals surface area contributed by atoms with Gasteiger partial charge in [0.1, 0.15) is 24.0 Å². The number of halogens is 1. The number of nitrogens with one attached hydrogen (secondary N) is 1. The SMILES string of the molecule is CC(=O)C[C@H](NC(=O)[C@@H]1[C@@H](F)[C@@H](O)CN1C(=O)[C@H](C(C)C)N1Cc2ccccc2C1=O)c1ccc(-c2scnc2C)cc1. The van der Waals surface area contributed by atoms with Crippen LogP contribution < -0.4 is 5.32 Å². The van der Waals surface area contributed by atoms with Crippen LogP contribution >= 0.6 is 11.3 Å². The predicted octanol–water partition coefficient (Wildman–Crippen LogP) is 3.85. The lowest BCUT2D eigenvalue weighted by molar-refractivity contribution is -0.144. The molecule has 2 N–H and O–H groups in total. The maximum atomic E-state index is 15.5. The summed E-state index contributed by atoms with van der Waals surface area (Å²) in [6, 6.07) is 11.1. The molecule has 9 nitrogen and oxygen atoms in total. The zero-order chi connectivity index (χ0) is 31.0. The van der Waals surface area contributed by atoms with Crippen LogP contribution in [0.2, 0.25) is 0 Å². The van der Waals surface area contributed by atoms with E-state index in [2.05, 4.69) is 10.3 Å². The molecule has 1 aromatic heterocycles. The van der Waals surface area contributed by atoms with Gasteiger partial charge in [-0.25, -0.2) is 9.37 Å². The Labute approximate surface area is 253 Å². The molecular weight excluding hydrogens is 571 g/mol. The molecule has 226 valence electrons. The zero-order valence-corrected chi connectivity index (χ0v) is 25.3. The number of thiazole rings is 1. The van der Waals surface area contributed by atoms with Crippen molar-refractivity contribution in [3.63, 3.8) is 0 Å². The molecular formula is C32H35FN4O5S. The van der Waals surface area contributed by atoms with Crippen molar-refractivity contribution in [1.29, 1.82) is 0 Å². The Balaban J connectivity index is 1.39. The average Bonchev–Trinajstić information content (AvgIpc) is 3.63. The molecule has 0 radical (unpaired) electrons. The number of aliphatic hydroxyl groups excluding tert-OH is 1. The number of rotatable bonds is 9. The first-order valence-electron chi connectivity index (χ1n) is 14.3. The minimum absolute atomic E-state index is 0.0417. The highest BCUT2D eigenvalue weighted by atomic mass is 32.1. The van der Waals surface area contributed by atoms with E-state index in [1.807, 2.05) is 31.2 Å². The van der Waals surface area contributed by atoms with Gasteiger partial charge in [0.15, 0.2) is 6.17 Å². The highest BCUT2D eigenvalue weighted by molar-refractivity contribution is 7.13. The number of aliphatic hydroxyl groups is 1. The summed E-state index contributed by atoms with van der Waals surface area (Å²) in [6.07, 6.45) is -3.66. The first kappa shape index (κ1) is 30.5. The number of aromatic nitrogens is 1. The van der Waals surface area contributed by atoms with Gasteiger partial charge >= 0.3 is 0 Å². The van der Waals surface area contributed by atoms with Crippen LogP contribution in [0.4, 0.5) is 4.39 Å². The standard InChI is InChI=1S/C32H35FN4O5S/c1-17(2)27(36-14-22-7-5-6-8-23(22)31(36)41)32(42)37-15-25(39)26(33)28(37)30(40)35-24(13-18(3)38)20-9-11-21(12-10-20)29-19(4)34-16-43-29/h5-12,16-17,24-28,39H,13-15H2,1-4H3,(H,35,40)/t24-,25-,26-,27-,28-/m0/s1. The average molecular weight is 607 g/mol. The molecule has 2 aliphatic rings. The van der Waals surface area contributed by atoms with Gasteiger partial charge in [-0.1, -0.05) is 56.3 Å². The van der Waals surface area contributed by atoms with Crippen LogP contribution in [-0.4, -0.2) is 74.3 Å². The van der Waals surface area contributed by atoms with Crippen molar-refractivity contribution in [2.24, 2.45) is 5.92 Å². The summed E-state index contributed by atoms with van der Waals surface area (Å²) >= 11 is 1.51. The molecule has 0 aliphatic carbocycles. The van der Waals surface area contributed by atoms with E-state index in [-0.39, 0.29) is 30.6 Å². The number of ketones is 1. The summed E-state index contributed by atoms with van der Waals surface area (Å²) in [6.45, 7) is 6.71. The van der Waals surface area contributed by atoms with Crippen LogP contribution in [0.5, 0.6) is 0 Å². The van der Waals surface area contributed by atoms with Crippen molar-refractivity contribution in [1.82, 2.24) is 20.1 Å². The van der Waals surface area contributed by atoms with Crippen LogP contribution in [0.3, 0.4) is 0 Å². The van der Waals surface area contributed by atoms with E-state index in [0.29, 0.717) is 11.1 Å². The molecule has 1 fully saturated rings. The summed E-state index contributed by atoms with van der Waals surface area (Å²) in [5.74, 6) is -2.27. The second kappa shape index (κ2) is 12.3. The summed E-state index contributed by atoms with van der Waals surface area (Å²) < 4.78 is 15.5. The number of nitrogens with zero attached hydrogens (tertiary/aromatic N) is 3. The molecule has 3 heterocycles. The lowest BCUT2D eigenvalue weighted by Crippen LogP contribution is -2.57. The van der Waals surface area contributed by atoms with Crippen molar-refractivity contribution >= 4 is 34.8 Å². The molecule has 1 saturated heterocycles. The molecule has 5 atom stereocenters. The largest absolute Gasteiger partial charge is 0.388 e. The molecule has 3 amide bonds. The van der Waals surface area contributed by atoms with E-state index in [9.17, 15) is 24.3 Å². The van der Waals surface area contributed by atoms with Crippen molar-refractivity contribution in [3.8, 4) is 10.4 Å². The van der Waals surface area contributed by atoms with Gasteiger partial charge in [-0.05, 0) is 42.5 Å². The van der Waals surface area contributed by atoms with E-state index in [0.717, 1.165) is 26.6 Å². The number of β-amino-alcohol motifs (C(OH)–C–C–N with tert-alkyl or cyclic N) is 1. The fraction of sp³-hybridized carbons (Fsp3) is 0.406. The number of amides is 3. The van der Waals surface area contributed by atoms with Gasteiger partial charge in [0.2, 0.25) is 11.8 Å². The molecule has 43 heavy (non-hydrogen) atoms. The number of carbonyl (C=O) groups is 4. The minimum atomic E-state index is -2.04. The third-order valence-corrected chi connectivity index (χ3v) is 9.12. The highest BCUT2D eigenvalue weighted by Gasteiger charge is 2.51. The number of benzene rings is 2. The number of carbonyl (C=O) groups excluding carboxylic acids is 4. The monoisotopic (exact) mass is 606 g/mol.